The predicted octanol–water partition coefficient (Wildman–Crippen LogP) is 5.87. The van der Waals surface area contributed by atoms with Gasteiger partial charge in [-0.3, -0.25) is 4.79 Å². The molecule has 0 aliphatic carbocycles. The van der Waals surface area contributed by atoms with Gasteiger partial charge in [-0.15, -0.1) is 11.3 Å². The Bertz CT molecular complexity index is 1090. The quantitative estimate of drug-likeness (QED) is 0.184. The summed E-state index contributed by atoms with van der Waals surface area (Å²) in [7, 11) is 0. The Balaban J connectivity index is 1.75. The molecule has 10 heteroatoms. The topological polar surface area (TPSA) is 71.0 Å². The van der Waals surface area contributed by atoms with Gasteiger partial charge in [-0.1, -0.05) is 24.9 Å². The van der Waals surface area contributed by atoms with Crippen molar-refractivity contribution in [1.82, 2.24) is 19.9 Å². The van der Waals surface area contributed by atoms with E-state index >= 15 is 4.39 Å². The molecule has 1 fully saturated rings. The van der Waals surface area contributed by atoms with Crippen LogP contribution in [0.15, 0.2) is 30.5 Å². The van der Waals surface area contributed by atoms with Crippen LogP contribution in [0.5, 0.6) is 0 Å². The molecular weight excluding hydrogens is 469 g/mol. The molecule has 1 N–H and O–H groups in total. The van der Waals surface area contributed by atoms with E-state index in [0.29, 0.717) is 35.7 Å². The van der Waals surface area contributed by atoms with Crippen LogP contribution in [0, 0.1) is 5.82 Å². The summed E-state index contributed by atoms with van der Waals surface area (Å²) < 4.78 is 18.6. The maximum atomic E-state index is 15.5. The summed E-state index contributed by atoms with van der Waals surface area (Å²) in [5, 5.41) is 1.06. The van der Waals surface area contributed by atoms with Crippen LogP contribution in [-0.2, 0) is 4.79 Å². The fourth-order valence-electron chi connectivity index (χ4n) is 3.61. The van der Waals surface area contributed by atoms with Gasteiger partial charge >= 0.3 is 0 Å². The number of benzene rings is 1. The minimum absolute atomic E-state index is 0.134. The fraction of sp³-hybridized carbons (Fsp3) is 0.364. The molecule has 0 saturated carbocycles. The number of likely N-dealkylation sites (tertiary alicyclic amines) is 1. The molecule has 0 spiro atoms. The highest BCUT2D eigenvalue weighted by atomic mass is 35.5. The lowest BCUT2D eigenvalue weighted by molar-refractivity contribution is -0.119. The summed E-state index contributed by atoms with van der Waals surface area (Å²) in [4.78, 5) is 26.8. The SMILES string of the molecule is CCCSNc1cccc(-c2nc(C3CCN(C=O)CC3)sc2-c2ccnc(Cl)n2)c1F. The molecule has 1 aliphatic heterocycles. The van der Waals surface area contributed by atoms with Crippen LogP contribution in [0.1, 0.15) is 37.1 Å². The van der Waals surface area contributed by atoms with E-state index in [1.807, 2.05) is 6.07 Å². The molecule has 1 aromatic carbocycles. The lowest BCUT2D eigenvalue weighted by Gasteiger charge is -2.27. The monoisotopic (exact) mass is 491 g/mol. The van der Waals surface area contributed by atoms with Crippen molar-refractivity contribution in [3.8, 4) is 21.8 Å². The molecule has 168 valence electrons. The van der Waals surface area contributed by atoms with Crippen molar-refractivity contribution in [3.63, 3.8) is 0 Å². The highest BCUT2D eigenvalue weighted by Crippen LogP contribution is 2.42. The number of halogens is 2. The van der Waals surface area contributed by atoms with Gasteiger partial charge in [0.1, 0.15) is 0 Å². The third kappa shape index (κ3) is 5.05. The summed E-state index contributed by atoms with van der Waals surface area (Å²) in [5.74, 6) is 0.755. The fourth-order valence-corrected chi connectivity index (χ4v) is 5.59. The molecule has 32 heavy (non-hydrogen) atoms. The van der Waals surface area contributed by atoms with Crippen molar-refractivity contribution in [2.45, 2.75) is 32.1 Å². The molecule has 0 unspecified atom stereocenters. The maximum Gasteiger partial charge on any atom is 0.222 e. The number of nitrogens with zero attached hydrogens (tertiary/aromatic N) is 4. The number of rotatable bonds is 8. The van der Waals surface area contributed by atoms with Gasteiger partial charge in [0, 0.05) is 36.5 Å². The molecule has 3 aromatic rings. The van der Waals surface area contributed by atoms with Gasteiger partial charge in [-0.25, -0.2) is 19.3 Å². The largest absolute Gasteiger partial charge is 0.345 e. The van der Waals surface area contributed by atoms with Crippen LogP contribution in [0.25, 0.3) is 21.8 Å². The van der Waals surface area contributed by atoms with Crippen LogP contribution < -0.4 is 4.72 Å². The highest BCUT2D eigenvalue weighted by Gasteiger charge is 2.27. The standard InChI is InChI=1S/C22H23ClFN5OS2/c1-2-12-31-28-16-5-3-4-15(18(16)24)19-20(17-6-9-25-22(23)26-17)32-21(27-19)14-7-10-29(13-30)11-8-14/h3-6,9,13-14,28H,2,7-8,10-12H2,1H3. The van der Waals surface area contributed by atoms with Crippen LogP contribution in [0.3, 0.4) is 0 Å². The first-order chi connectivity index (χ1) is 15.6. The number of amides is 1. The molecule has 1 aliphatic rings. The average Bonchev–Trinajstić information content (AvgIpc) is 3.26. The van der Waals surface area contributed by atoms with Crippen LogP contribution in [0.2, 0.25) is 5.28 Å². The van der Waals surface area contributed by atoms with Crippen LogP contribution in [0.4, 0.5) is 10.1 Å². The molecular formula is C22H23ClFN5OS2. The minimum atomic E-state index is -0.342. The number of carbonyl (C=O) groups is 1. The molecule has 1 saturated heterocycles. The Morgan fingerprint density at radius 1 is 1.31 bits per heavy atom. The molecule has 4 rings (SSSR count). The van der Waals surface area contributed by atoms with Gasteiger partial charge in [-0.2, -0.15) is 0 Å². The number of nitrogens with one attached hydrogen (secondary N) is 1. The van der Waals surface area contributed by atoms with Gasteiger partial charge < -0.3 is 9.62 Å². The Morgan fingerprint density at radius 2 is 2.12 bits per heavy atom. The second kappa shape index (κ2) is 10.6. The Labute approximate surface area is 199 Å². The number of piperidine rings is 1. The van der Waals surface area contributed by atoms with Gasteiger partial charge in [0.25, 0.3) is 0 Å². The van der Waals surface area contributed by atoms with E-state index in [4.69, 9.17) is 16.6 Å². The maximum absolute atomic E-state index is 15.5. The number of anilines is 1. The van der Waals surface area contributed by atoms with Crippen LogP contribution >= 0.6 is 34.9 Å². The summed E-state index contributed by atoms with van der Waals surface area (Å²) in [6.45, 7) is 3.47. The van der Waals surface area contributed by atoms with Crippen molar-refractivity contribution in [3.05, 3.63) is 46.6 Å². The average molecular weight is 492 g/mol. The van der Waals surface area contributed by atoms with Gasteiger partial charge in [0.15, 0.2) is 5.82 Å². The number of carbonyl (C=O) groups excluding carboxylic acids is 1. The first-order valence-electron chi connectivity index (χ1n) is 10.5. The molecule has 3 heterocycles. The number of hydrogen-bond donors (Lipinski definition) is 1. The second-order valence-corrected chi connectivity index (χ2v) is 9.74. The van der Waals surface area contributed by atoms with E-state index in [9.17, 15) is 4.79 Å². The van der Waals surface area contributed by atoms with E-state index < -0.39 is 0 Å². The molecule has 1 amide bonds. The Kier molecular flexibility index (Phi) is 7.59. The summed E-state index contributed by atoms with van der Waals surface area (Å²) >= 11 is 9.03. The molecule has 0 atom stereocenters. The second-order valence-electron chi connectivity index (χ2n) is 7.47. The lowest BCUT2D eigenvalue weighted by atomic mass is 9.98. The summed E-state index contributed by atoms with van der Waals surface area (Å²) in [6, 6.07) is 7.06. The molecule has 0 bridgehead atoms. The normalized spacial score (nSPS) is 14.5. The van der Waals surface area contributed by atoms with Crippen molar-refractivity contribution in [2.24, 2.45) is 0 Å². The zero-order valence-electron chi connectivity index (χ0n) is 17.6. The van der Waals surface area contributed by atoms with E-state index in [1.54, 1.807) is 29.3 Å². The lowest BCUT2D eigenvalue weighted by Crippen LogP contribution is -2.31. The van der Waals surface area contributed by atoms with Gasteiger partial charge in [0.05, 0.1) is 27.0 Å². The number of aromatic nitrogens is 3. The Morgan fingerprint density at radius 3 is 2.84 bits per heavy atom. The molecule has 6 nitrogen and oxygen atoms in total. The van der Waals surface area contributed by atoms with Crippen molar-refractivity contribution < 1.29 is 9.18 Å². The van der Waals surface area contributed by atoms with Crippen molar-refractivity contribution in [1.29, 1.82) is 0 Å². The zero-order chi connectivity index (χ0) is 22.5. The van der Waals surface area contributed by atoms with E-state index in [-0.39, 0.29) is 17.0 Å². The number of hydrogen-bond acceptors (Lipinski definition) is 7. The van der Waals surface area contributed by atoms with Crippen LogP contribution in [-0.4, -0.2) is 45.1 Å². The molecule has 2 aromatic heterocycles. The van der Waals surface area contributed by atoms with E-state index in [0.717, 1.165) is 41.3 Å². The van der Waals surface area contributed by atoms with Crippen molar-refractivity contribution in [2.75, 3.05) is 23.6 Å². The third-order valence-corrected chi connectivity index (χ3v) is 7.67. The van der Waals surface area contributed by atoms with E-state index in [2.05, 4.69) is 21.6 Å². The number of thiazole rings is 1. The van der Waals surface area contributed by atoms with E-state index in [1.165, 1.54) is 23.3 Å². The van der Waals surface area contributed by atoms with Crippen molar-refractivity contribution >= 4 is 47.0 Å². The van der Waals surface area contributed by atoms with Gasteiger partial charge in [-0.05, 0) is 49.1 Å². The highest BCUT2D eigenvalue weighted by molar-refractivity contribution is 8.00. The molecule has 0 radical (unpaired) electrons. The summed E-state index contributed by atoms with van der Waals surface area (Å²) in [6.07, 6.45) is 5.13. The minimum Gasteiger partial charge on any atom is -0.345 e. The predicted molar refractivity (Wildman–Crippen MR) is 130 cm³/mol. The smallest absolute Gasteiger partial charge is 0.222 e. The Hall–Kier alpha value is -2.23. The zero-order valence-corrected chi connectivity index (χ0v) is 19.9. The summed E-state index contributed by atoms with van der Waals surface area (Å²) in [5.41, 5.74) is 2.03. The first-order valence-corrected chi connectivity index (χ1v) is 12.6. The first kappa shape index (κ1) is 22.9. The van der Waals surface area contributed by atoms with Gasteiger partial charge in [0.2, 0.25) is 11.7 Å². The third-order valence-electron chi connectivity index (χ3n) is 5.27.